The van der Waals surface area contributed by atoms with E-state index in [1.165, 1.54) is 44.1 Å². The Morgan fingerprint density at radius 2 is 1.96 bits per heavy atom. The number of nitrogens with zero attached hydrogens (tertiary/aromatic N) is 2. The van der Waals surface area contributed by atoms with E-state index in [2.05, 4.69) is 49.8 Å². The van der Waals surface area contributed by atoms with Crippen LogP contribution in [0.1, 0.15) is 71.8 Å². The molecule has 134 valence electrons. The Hall–Kier alpha value is -0.870. The highest BCUT2D eigenvalue weighted by molar-refractivity contribution is 5.01. The minimum Gasteiger partial charge on any atom is -0.376 e. The van der Waals surface area contributed by atoms with Gasteiger partial charge < -0.3 is 9.64 Å². The first-order chi connectivity index (χ1) is 11.0. The van der Waals surface area contributed by atoms with Gasteiger partial charge in [-0.2, -0.15) is 5.10 Å². The number of aromatic nitrogens is 2. The van der Waals surface area contributed by atoms with Gasteiger partial charge in [-0.3, -0.25) is 5.10 Å². The van der Waals surface area contributed by atoms with Gasteiger partial charge in [0.2, 0.25) is 0 Å². The van der Waals surface area contributed by atoms with E-state index in [0.29, 0.717) is 0 Å². The van der Waals surface area contributed by atoms with Gasteiger partial charge in [-0.25, -0.2) is 0 Å². The predicted octanol–water partition coefficient (Wildman–Crippen LogP) is 4.63. The molecule has 1 aromatic heterocycles. The lowest BCUT2D eigenvalue weighted by atomic mass is 9.79. The lowest BCUT2D eigenvalue weighted by Crippen LogP contribution is -2.35. The van der Waals surface area contributed by atoms with Crippen LogP contribution in [-0.4, -0.2) is 40.9 Å². The summed E-state index contributed by atoms with van der Waals surface area (Å²) < 4.78 is 5.77. The molecule has 4 nitrogen and oxygen atoms in total. The summed E-state index contributed by atoms with van der Waals surface area (Å²) in [6, 6.07) is 0. The molecule has 1 N–H and O–H groups in total. The Kier molecular flexibility index (Phi) is 9.49. The lowest BCUT2D eigenvalue weighted by Gasteiger charge is -2.36. The quantitative estimate of drug-likeness (QED) is 0.795. The summed E-state index contributed by atoms with van der Waals surface area (Å²) in [5, 5.41) is 6.68. The van der Waals surface area contributed by atoms with Crippen LogP contribution in [0.4, 0.5) is 0 Å². The summed E-state index contributed by atoms with van der Waals surface area (Å²) in [6.45, 7) is 11.7. The standard InChI is InChI=1S/C11H22O.C8H15N3/c1-4-12-11(2,3)10-8-6-5-7-9-10;1-3-4-11(2)7-8-5-9-10-6-8/h10H,4-9H2,1-3H3;5-6H,3-4,7H2,1-2H3,(H,9,10). The summed E-state index contributed by atoms with van der Waals surface area (Å²) in [7, 11) is 2.12. The zero-order chi connectivity index (χ0) is 17.1. The smallest absolute Gasteiger partial charge is 0.0654 e. The number of hydrogen-bond donors (Lipinski definition) is 1. The first-order valence-electron chi connectivity index (χ1n) is 9.29. The molecule has 0 atom stereocenters. The van der Waals surface area contributed by atoms with Gasteiger partial charge in [0, 0.05) is 24.9 Å². The topological polar surface area (TPSA) is 41.2 Å². The van der Waals surface area contributed by atoms with Crippen molar-refractivity contribution >= 4 is 0 Å². The van der Waals surface area contributed by atoms with Gasteiger partial charge >= 0.3 is 0 Å². The van der Waals surface area contributed by atoms with Gasteiger partial charge in [0.05, 0.1) is 11.8 Å². The Bertz CT molecular complexity index is 383. The number of H-pyrrole nitrogens is 1. The van der Waals surface area contributed by atoms with Crippen molar-refractivity contribution in [1.29, 1.82) is 0 Å². The van der Waals surface area contributed by atoms with Crippen LogP contribution in [-0.2, 0) is 11.3 Å². The molecule has 0 aliphatic heterocycles. The average molecular weight is 324 g/mol. The minimum absolute atomic E-state index is 0.120. The van der Waals surface area contributed by atoms with E-state index in [0.717, 1.165) is 25.6 Å². The van der Waals surface area contributed by atoms with Gasteiger partial charge in [-0.05, 0) is 59.5 Å². The molecule has 23 heavy (non-hydrogen) atoms. The van der Waals surface area contributed by atoms with Crippen LogP contribution < -0.4 is 0 Å². The SMILES string of the molecule is CCCN(C)Cc1cn[nH]c1.CCOC(C)(C)C1CCCCC1. The number of aromatic amines is 1. The van der Waals surface area contributed by atoms with Crippen LogP contribution in [0, 0.1) is 5.92 Å². The van der Waals surface area contributed by atoms with Crippen molar-refractivity contribution in [2.24, 2.45) is 5.92 Å². The molecule has 0 saturated heterocycles. The summed E-state index contributed by atoms with van der Waals surface area (Å²) in [6.07, 6.45) is 12.0. The molecule has 0 spiro atoms. The highest BCUT2D eigenvalue weighted by atomic mass is 16.5. The highest BCUT2D eigenvalue weighted by Crippen LogP contribution is 2.34. The van der Waals surface area contributed by atoms with Crippen LogP contribution in [0.3, 0.4) is 0 Å². The molecule has 1 aliphatic carbocycles. The molecule has 4 heteroatoms. The minimum atomic E-state index is 0.120. The van der Waals surface area contributed by atoms with E-state index < -0.39 is 0 Å². The third-order valence-corrected chi connectivity index (χ3v) is 4.72. The Balaban J connectivity index is 0.000000231. The Morgan fingerprint density at radius 3 is 2.48 bits per heavy atom. The number of nitrogens with one attached hydrogen (secondary N) is 1. The molecule has 1 aromatic rings. The summed E-state index contributed by atoms with van der Waals surface area (Å²) in [5.41, 5.74) is 1.37. The van der Waals surface area contributed by atoms with Crippen LogP contribution in [0.15, 0.2) is 12.4 Å². The van der Waals surface area contributed by atoms with E-state index in [1.807, 2.05) is 12.4 Å². The summed E-state index contributed by atoms with van der Waals surface area (Å²) >= 11 is 0. The third kappa shape index (κ3) is 7.98. The molecule has 0 amide bonds. The second kappa shape index (κ2) is 10.8. The molecule has 0 aromatic carbocycles. The second-order valence-electron chi connectivity index (χ2n) is 7.22. The molecule has 2 rings (SSSR count). The third-order valence-electron chi connectivity index (χ3n) is 4.72. The van der Waals surface area contributed by atoms with E-state index in [4.69, 9.17) is 4.74 Å². The molecule has 1 saturated carbocycles. The van der Waals surface area contributed by atoms with Crippen molar-refractivity contribution in [3.63, 3.8) is 0 Å². The van der Waals surface area contributed by atoms with Crippen LogP contribution in [0.2, 0.25) is 0 Å². The van der Waals surface area contributed by atoms with Gasteiger partial charge in [0.15, 0.2) is 0 Å². The Morgan fingerprint density at radius 1 is 1.26 bits per heavy atom. The number of rotatable bonds is 7. The van der Waals surface area contributed by atoms with Gasteiger partial charge in [0.25, 0.3) is 0 Å². The van der Waals surface area contributed by atoms with E-state index >= 15 is 0 Å². The number of ether oxygens (including phenoxy) is 1. The Labute approximate surface area is 143 Å². The van der Waals surface area contributed by atoms with Crippen molar-refractivity contribution in [1.82, 2.24) is 15.1 Å². The summed E-state index contributed by atoms with van der Waals surface area (Å²) in [4.78, 5) is 2.28. The van der Waals surface area contributed by atoms with Crippen LogP contribution >= 0.6 is 0 Å². The first-order valence-corrected chi connectivity index (χ1v) is 9.29. The fourth-order valence-corrected chi connectivity index (χ4v) is 3.42. The molecule has 1 heterocycles. The van der Waals surface area contributed by atoms with E-state index in [-0.39, 0.29) is 5.60 Å². The maximum absolute atomic E-state index is 5.77. The fraction of sp³-hybridized carbons (Fsp3) is 0.842. The zero-order valence-electron chi connectivity index (χ0n) is 15.9. The maximum Gasteiger partial charge on any atom is 0.0654 e. The average Bonchev–Trinajstić information content (AvgIpc) is 3.02. The van der Waals surface area contributed by atoms with Crippen LogP contribution in [0.5, 0.6) is 0 Å². The fourth-order valence-electron chi connectivity index (χ4n) is 3.42. The largest absolute Gasteiger partial charge is 0.376 e. The van der Waals surface area contributed by atoms with Crippen molar-refractivity contribution < 1.29 is 4.74 Å². The molecule has 0 radical (unpaired) electrons. The predicted molar refractivity (Wildman–Crippen MR) is 97.5 cm³/mol. The molecule has 0 unspecified atom stereocenters. The molecular weight excluding hydrogens is 286 g/mol. The molecular formula is C19H37N3O. The molecule has 1 fully saturated rings. The monoisotopic (exact) mass is 323 g/mol. The van der Waals surface area contributed by atoms with Crippen molar-refractivity contribution in [3.05, 3.63) is 18.0 Å². The van der Waals surface area contributed by atoms with Crippen LogP contribution in [0.25, 0.3) is 0 Å². The van der Waals surface area contributed by atoms with Gasteiger partial charge in [-0.15, -0.1) is 0 Å². The molecule has 1 aliphatic rings. The van der Waals surface area contributed by atoms with Crippen molar-refractivity contribution in [3.8, 4) is 0 Å². The van der Waals surface area contributed by atoms with Gasteiger partial charge in [-0.1, -0.05) is 26.2 Å². The maximum atomic E-state index is 5.77. The number of hydrogen-bond acceptors (Lipinski definition) is 3. The second-order valence-corrected chi connectivity index (χ2v) is 7.22. The zero-order valence-corrected chi connectivity index (χ0v) is 15.9. The summed E-state index contributed by atoms with van der Waals surface area (Å²) in [5.74, 6) is 0.797. The van der Waals surface area contributed by atoms with Gasteiger partial charge in [0.1, 0.15) is 0 Å². The lowest BCUT2D eigenvalue weighted by molar-refractivity contribution is -0.0644. The van der Waals surface area contributed by atoms with E-state index in [1.54, 1.807) is 0 Å². The van der Waals surface area contributed by atoms with Crippen molar-refractivity contribution in [2.45, 2.75) is 78.4 Å². The van der Waals surface area contributed by atoms with E-state index in [9.17, 15) is 0 Å². The highest BCUT2D eigenvalue weighted by Gasteiger charge is 2.30. The van der Waals surface area contributed by atoms with Crippen molar-refractivity contribution in [2.75, 3.05) is 20.2 Å². The molecule has 0 bridgehead atoms. The first kappa shape index (κ1) is 20.2. The normalized spacial score (nSPS) is 16.3.